The first-order valence-corrected chi connectivity index (χ1v) is 7.86. The lowest BCUT2D eigenvalue weighted by atomic mass is 10.2. The Morgan fingerprint density at radius 1 is 1.21 bits per heavy atom. The Morgan fingerprint density at radius 2 is 2.00 bits per heavy atom. The van der Waals surface area contributed by atoms with E-state index in [9.17, 15) is 4.79 Å². The van der Waals surface area contributed by atoms with Crippen LogP contribution >= 0.6 is 0 Å². The highest BCUT2D eigenvalue weighted by Crippen LogP contribution is 2.25. The number of anilines is 2. The summed E-state index contributed by atoms with van der Waals surface area (Å²) in [6.07, 6.45) is 1.65. The minimum Gasteiger partial charge on any atom is -0.489 e. The number of amides is 1. The molecule has 0 fully saturated rings. The monoisotopic (exact) mass is 329 g/mol. The lowest BCUT2D eigenvalue weighted by Crippen LogP contribution is -2.16. The first-order valence-electron chi connectivity index (χ1n) is 7.86. The summed E-state index contributed by atoms with van der Waals surface area (Å²) in [5.41, 5.74) is 1.80. The van der Waals surface area contributed by atoms with Gasteiger partial charge in [-0.05, 0) is 38.1 Å². The van der Waals surface area contributed by atoms with E-state index >= 15 is 0 Å². The van der Waals surface area contributed by atoms with Gasteiger partial charge in [0, 0.05) is 13.7 Å². The number of pyridine rings is 1. The van der Waals surface area contributed by atoms with E-state index < -0.39 is 0 Å². The van der Waals surface area contributed by atoms with Crippen LogP contribution in [0, 0.1) is 0 Å². The van der Waals surface area contributed by atoms with Crippen LogP contribution < -0.4 is 15.4 Å². The number of para-hydroxylation sites is 2. The van der Waals surface area contributed by atoms with Crippen molar-refractivity contribution in [1.29, 1.82) is 0 Å². The molecule has 0 atom stereocenters. The fourth-order valence-corrected chi connectivity index (χ4v) is 2.04. The normalized spacial score (nSPS) is 10.5. The molecular weight excluding hydrogens is 306 g/mol. The molecule has 0 unspecified atom stereocenters. The van der Waals surface area contributed by atoms with E-state index in [4.69, 9.17) is 9.47 Å². The molecule has 1 aromatic carbocycles. The Bertz CT molecular complexity index is 657. The van der Waals surface area contributed by atoms with Gasteiger partial charge < -0.3 is 20.1 Å². The van der Waals surface area contributed by atoms with Gasteiger partial charge in [-0.25, -0.2) is 4.98 Å². The van der Waals surface area contributed by atoms with Crippen molar-refractivity contribution >= 4 is 17.3 Å². The number of ether oxygens (including phenoxy) is 2. The minimum absolute atomic E-state index is 0.0265. The molecule has 1 amide bonds. The fraction of sp³-hybridized carbons (Fsp3) is 0.333. The Kier molecular flexibility index (Phi) is 6.57. The molecule has 6 nitrogen and oxygen atoms in total. The minimum atomic E-state index is -0.279. The van der Waals surface area contributed by atoms with E-state index in [-0.39, 0.29) is 12.0 Å². The van der Waals surface area contributed by atoms with E-state index in [0.717, 1.165) is 5.69 Å². The Hall–Kier alpha value is -2.60. The van der Waals surface area contributed by atoms with Crippen LogP contribution in [0.15, 0.2) is 42.6 Å². The summed E-state index contributed by atoms with van der Waals surface area (Å²) < 4.78 is 10.7. The summed E-state index contributed by atoms with van der Waals surface area (Å²) in [6, 6.07) is 10.8. The van der Waals surface area contributed by atoms with E-state index in [1.54, 1.807) is 25.4 Å². The van der Waals surface area contributed by atoms with Gasteiger partial charge in [0.2, 0.25) is 0 Å². The molecule has 1 aromatic heterocycles. The Balaban J connectivity index is 2.02. The zero-order valence-electron chi connectivity index (χ0n) is 14.2. The van der Waals surface area contributed by atoms with Crippen molar-refractivity contribution < 1.29 is 14.3 Å². The van der Waals surface area contributed by atoms with E-state index in [1.807, 2.05) is 38.1 Å². The van der Waals surface area contributed by atoms with Crippen LogP contribution in [-0.2, 0) is 4.74 Å². The number of nitrogens with zero attached hydrogens (tertiary/aromatic N) is 1. The predicted molar refractivity (Wildman–Crippen MR) is 94.8 cm³/mol. The maximum Gasteiger partial charge on any atom is 0.274 e. The standard InChI is InChI=1S/C18H23N3O3/c1-13(2)24-17-7-5-4-6-15(17)21-18(22)16-9-8-14(12-20-16)19-10-11-23-3/h4-9,12-13,19H,10-11H2,1-3H3,(H,21,22). The van der Waals surface area contributed by atoms with Crippen LogP contribution in [0.4, 0.5) is 11.4 Å². The van der Waals surface area contributed by atoms with Crippen LogP contribution in [0.1, 0.15) is 24.3 Å². The van der Waals surface area contributed by atoms with Gasteiger partial charge in [0.25, 0.3) is 5.91 Å². The second kappa shape index (κ2) is 8.88. The summed E-state index contributed by atoms with van der Waals surface area (Å²) in [4.78, 5) is 16.5. The van der Waals surface area contributed by atoms with Gasteiger partial charge in [-0.2, -0.15) is 0 Å². The van der Waals surface area contributed by atoms with Crippen LogP contribution in [0.25, 0.3) is 0 Å². The molecule has 24 heavy (non-hydrogen) atoms. The average Bonchev–Trinajstić information content (AvgIpc) is 2.57. The lowest BCUT2D eigenvalue weighted by molar-refractivity contribution is 0.102. The number of carbonyl (C=O) groups is 1. The number of hydrogen-bond donors (Lipinski definition) is 2. The molecule has 0 radical (unpaired) electrons. The predicted octanol–water partition coefficient (Wildman–Crippen LogP) is 3.18. The van der Waals surface area contributed by atoms with Gasteiger partial charge >= 0.3 is 0 Å². The SMILES string of the molecule is COCCNc1ccc(C(=O)Nc2ccccc2OC(C)C)nc1. The molecule has 0 bridgehead atoms. The number of benzene rings is 1. The number of methoxy groups -OCH3 is 1. The van der Waals surface area contributed by atoms with E-state index in [1.165, 1.54) is 0 Å². The lowest BCUT2D eigenvalue weighted by Gasteiger charge is -2.14. The van der Waals surface area contributed by atoms with Gasteiger partial charge in [0.1, 0.15) is 11.4 Å². The van der Waals surface area contributed by atoms with Crippen molar-refractivity contribution in [3.63, 3.8) is 0 Å². The molecule has 1 heterocycles. The fourth-order valence-electron chi connectivity index (χ4n) is 2.04. The van der Waals surface area contributed by atoms with Crippen LogP contribution in [0.3, 0.4) is 0 Å². The number of aromatic nitrogens is 1. The molecule has 2 N–H and O–H groups in total. The summed E-state index contributed by atoms with van der Waals surface area (Å²) in [5.74, 6) is 0.358. The van der Waals surface area contributed by atoms with Crippen molar-refractivity contribution in [2.75, 3.05) is 30.9 Å². The number of hydrogen-bond acceptors (Lipinski definition) is 5. The molecule has 2 rings (SSSR count). The number of rotatable bonds is 8. The van der Waals surface area contributed by atoms with Gasteiger partial charge in [0.05, 0.1) is 30.3 Å². The van der Waals surface area contributed by atoms with Crippen LogP contribution in [0.5, 0.6) is 5.75 Å². The summed E-state index contributed by atoms with van der Waals surface area (Å²) in [5, 5.41) is 5.99. The topological polar surface area (TPSA) is 72.5 Å². The highest BCUT2D eigenvalue weighted by atomic mass is 16.5. The molecular formula is C18H23N3O3. The summed E-state index contributed by atoms with van der Waals surface area (Å²) in [6.45, 7) is 5.17. The zero-order valence-corrected chi connectivity index (χ0v) is 14.2. The quantitative estimate of drug-likeness (QED) is 0.728. The third kappa shape index (κ3) is 5.24. The molecule has 0 aliphatic heterocycles. The third-order valence-corrected chi connectivity index (χ3v) is 3.13. The number of nitrogens with one attached hydrogen (secondary N) is 2. The van der Waals surface area contributed by atoms with Crippen molar-refractivity contribution in [3.05, 3.63) is 48.3 Å². The van der Waals surface area contributed by atoms with Gasteiger partial charge in [0.15, 0.2) is 0 Å². The highest BCUT2D eigenvalue weighted by Gasteiger charge is 2.11. The molecule has 0 aliphatic rings. The summed E-state index contributed by atoms with van der Waals surface area (Å²) in [7, 11) is 1.65. The number of carbonyl (C=O) groups excluding carboxylic acids is 1. The average molecular weight is 329 g/mol. The second-order valence-corrected chi connectivity index (χ2v) is 5.47. The van der Waals surface area contributed by atoms with Crippen LogP contribution in [-0.4, -0.2) is 37.3 Å². The molecule has 0 saturated heterocycles. The van der Waals surface area contributed by atoms with Crippen molar-refractivity contribution in [3.8, 4) is 5.75 Å². The van der Waals surface area contributed by atoms with E-state index in [2.05, 4.69) is 15.6 Å². The zero-order chi connectivity index (χ0) is 17.4. The van der Waals surface area contributed by atoms with Crippen molar-refractivity contribution in [1.82, 2.24) is 4.98 Å². The Morgan fingerprint density at radius 3 is 2.67 bits per heavy atom. The smallest absolute Gasteiger partial charge is 0.274 e. The largest absolute Gasteiger partial charge is 0.489 e. The Labute approximate surface area is 142 Å². The molecule has 6 heteroatoms. The first-order chi connectivity index (χ1) is 11.6. The molecule has 2 aromatic rings. The summed E-state index contributed by atoms with van der Waals surface area (Å²) >= 11 is 0. The molecule has 128 valence electrons. The van der Waals surface area contributed by atoms with Crippen molar-refractivity contribution in [2.45, 2.75) is 20.0 Å². The van der Waals surface area contributed by atoms with Crippen molar-refractivity contribution in [2.24, 2.45) is 0 Å². The first kappa shape index (κ1) is 17.7. The molecule has 0 saturated carbocycles. The molecule has 0 spiro atoms. The third-order valence-electron chi connectivity index (χ3n) is 3.13. The highest BCUT2D eigenvalue weighted by molar-refractivity contribution is 6.03. The second-order valence-electron chi connectivity index (χ2n) is 5.47. The maximum atomic E-state index is 12.4. The van der Waals surface area contributed by atoms with Gasteiger partial charge in [-0.15, -0.1) is 0 Å². The van der Waals surface area contributed by atoms with Gasteiger partial charge in [-0.3, -0.25) is 4.79 Å². The molecule has 0 aliphatic carbocycles. The van der Waals surface area contributed by atoms with Gasteiger partial charge in [-0.1, -0.05) is 12.1 Å². The maximum absolute atomic E-state index is 12.4. The van der Waals surface area contributed by atoms with Crippen LogP contribution in [0.2, 0.25) is 0 Å². The van der Waals surface area contributed by atoms with E-state index in [0.29, 0.717) is 30.3 Å².